The number of amides is 1. The lowest BCUT2D eigenvalue weighted by Gasteiger charge is -2.15. The van der Waals surface area contributed by atoms with Gasteiger partial charge in [-0.25, -0.2) is 0 Å². The maximum atomic E-state index is 11.4. The van der Waals surface area contributed by atoms with Crippen LogP contribution < -0.4 is 0 Å². The van der Waals surface area contributed by atoms with Crippen LogP contribution >= 0.6 is 0 Å². The summed E-state index contributed by atoms with van der Waals surface area (Å²) in [5.41, 5.74) is 0.464. The number of ether oxygens (including phenoxy) is 1. The van der Waals surface area contributed by atoms with Gasteiger partial charge >= 0.3 is 0 Å². The minimum absolute atomic E-state index is 0.100. The van der Waals surface area contributed by atoms with Crippen molar-refractivity contribution in [3.8, 4) is 0 Å². The van der Waals surface area contributed by atoms with Crippen LogP contribution in [-0.2, 0) is 14.3 Å². The van der Waals surface area contributed by atoms with E-state index in [1.54, 1.807) is 11.9 Å². The molecule has 0 aliphatic rings. The summed E-state index contributed by atoms with van der Waals surface area (Å²) in [6.45, 7) is 6.71. The van der Waals surface area contributed by atoms with E-state index in [2.05, 4.69) is 11.3 Å². The lowest BCUT2D eigenvalue weighted by atomic mass is 10.2. The molecule has 0 unspecified atom stereocenters. The van der Waals surface area contributed by atoms with E-state index in [4.69, 9.17) is 0 Å². The third kappa shape index (κ3) is 4.30. The second kappa shape index (κ2) is 6.22. The molecule has 0 rings (SSSR count). The number of likely N-dealkylation sites (N-methyl/N-ethyl adjacent to an activating group) is 1. The fourth-order valence-electron chi connectivity index (χ4n) is 0.751. The zero-order valence-electron chi connectivity index (χ0n) is 8.08. The van der Waals surface area contributed by atoms with Crippen molar-refractivity contribution in [2.45, 2.75) is 13.3 Å². The number of carbonyl (C=O) groups is 2. The molecule has 0 N–H and O–H groups in total. The van der Waals surface area contributed by atoms with Gasteiger partial charge in [-0.05, 0) is 6.92 Å². The summed E-state index contributed by atoms with van der Waals surface area (Å²) in [6.07, 6.45) is 0.391. The number of hydrogen-bond acceptors (Lipinski definition) is 3. The largest absolute Gasteiger partial charge is 0.468 e. The predicted molar refractivity (Wildman–Crippen MR) is 49.1 cm³/mol. The zero-order valence-corrected chi connectivity index (χ0v) is 8.08. The van der Waals surface area contributed by atoms with Gasteiger partial charge in [0.15, 0.2) is 0 Å². The maximum absolute atomic E-state index is 11.4. The van der Waals surface area contributed by atoms with Gasteiger partial charge in [-0.2, -0.15) is 0 Å². The van der Waals surface area contributed by atoms with Crippen LogP contribution in [0.15, 0.2) is 12.2 Å². The van der Waals surface area contributed by atoms with Crippen LogP contribution in [0.5, 0.6) is 0 Å². The number of carbonyl (C=O) groups excluding carboxylic acids is 2. The SMILES string of the molecule is C=C(CCOC=O)C(=O)N(C)CC. The third-order valence-electron chi connectivity index (χ3n) is 1.71. The first kappa shape index (κ1) is 11.7. The molecule has 13 heavy (non-hydrogen) atoms. The third-order valence-corrected chi connectivity index (χ3v) is 1.71. The van der Waals surface area contributed by atoms with E-state index in [-0.39, 0.29) is 12.5 Å². The second-order valence-electron chi connectivity index (χ2n) is 2.64. The average Bonchev–Trinajstić information content (AvgIpc) is 2.15. The molecule has 0 radical (unpaired) electrons. The molecule has 4 nitrogen and oxygen atoms in total. The van der Waals surface area contributed by atoms with Crippen molar-refractivity contribution in [3.63, 3.8) is 0 Å². The Hall–Kier alpha value is -1.32. The van der Waals surface area contributed by atoms with Crippen LogP contribution in [0, 0.1) is 0 Å². The molecule has 0 fully saturated rings. The van der Waals surface area contributed by atoms with Crippen molar-refractivity contribution < 1.29 is 14.3 Å². The topological polar surface area (TPSA) is 46.6 Å². The van der Waals surface area contributed by atoms with Crippen molar-refractivity contribution >= 4 is 12.4 Å². The smallest absolute Gasteiger partial charge is 0.293 e. The summed E-state index contributed by atoms with van der Waals surface area (Å²) >= 11 is 0. The molecule has 0 aromatic heterocycles. The molecule has 0 aliphatic heterocycles. The number of nitrogens with zero attached hydrogens (tertiary/aromatic N) is 1. The first-order valence-corrected chi connectivity index (χ1v) is 4.12. The number of hydrogen-bond donors (Lipinski definition) is 0. The molecule has 0 saturated carbocycles. The van der Waals surface area contributed by atoms with Crippen molar-refractivity contribution in [3.05, 3.63) is 12.2 Å². The van der Waals surface area contributed by atoms with E-state index in [0.29, 0.717) is 25.0 Å². The van der Waals surface area contributed by atoms with Gasteiger partial charge in [-0.3, -0.25) is 9.59 Å². The maximum Gasteiger partial charge on any atom is 0.293 e. The highest BCUT2D eigenvalue weighted by Gasteiger charge is 2.10. The van der Waals surface area contributed by atoms with Crippen LogP contribution in [-0.4, -0.2) is 37.5 Å². The molecule has 0 aliphatic carbocycles. The fourth-order valence-corrected chi connectivity index (χ4v) is 0.751. The van der Waals surface area contributed by atoms with Gasteiger partial charge in [-0.1, -0.05) is 6.58 Å². The van der Waals surface area contributed by atoms with Gasteiger partial charge in [0, 0.05) is 25.6 Å². The van der Waals surface area contributed by atoms with E-state index in [1.165, 1.54) is 0 Å². The van der Waals surface area contributed by atoms with E-state index in [9.17, 15) is 9.59 Å². The van der Waals surface area contributed by atoms with E-state index in [0.717, 1.165) is 0 Å². The molecule has 4 heteroatoms. The van der Waals surface area contributed by atoms with Crippen LogP contribution in [0.25, 0.3) is 0 Å². The van der Waals surface area contributed by atoms with Crippen molar-refractivity contribution in [2.75, 3.05) is 20.2 Å². The summed E-state index contributed by atoms with van der Waals surface area (Å²) in [6, 6.07) is 0. The Kier molecular flexibility index (Phi) is 5.59. The Bertz CT molecular complexity index is 201. The molecule has 0 spiro atoms. The van der Waals surface area contributed by atoms with Gasteiger partial charge < -0.3 is 9.64 Å². The molecule has 0 heterocycles. The molecular weight excluding hydrogens is 170 g/mol. The van der Waals surface area contributed by atoms with Gasteiger partial charge in [0.2, 0.25) is 5.91 Å². The summed E-state index contributed by atoms with van der Waals surface area (Å²) in [4.78, 5) is 22.7. The first-order chi connectivity index (χ1) is 6.13. The van der Waals surface area contributed by atoms with Crippen molar-refractivity contribution in [2.24, 2.45) is 0 Å². The summed E-state index contributed by atoms with van der Waals surface area (Å²) in [5.74, 6) is -0.100. The highest BCUT2D eigenvalue weighted by atomic mass is 16.5. The zero-order chi connectivity index (χ0) is 10.3. The number of rotatable bonds is 6. The Morgan fingerprint density at radius 3 is 2.69 bits per heavy atom. The van der Waals surface area contributed by atoms with Crippen molar-refractivity contribution in [1.82, 2.24) is 4.90 Å². The molecule has 0 aromatic carbocycles. The monoisotopic (exact) mass is 185 g/mol. The lowest BCUT2D eigenvalue weighted by Crippen LogP contribution is -2.27. The Labute approximate surface area is 78.2 Å². The van der Waals surface area contributed by atoms with Crippen LogP contribution in [0.2, 0.25) is 0 Å². The van der Waals surface area contributed by atoms with E-state index < -0.39 is 0 Å². The molecular formula is C9H15NO3. The predicted octanol–water partition coefficient (Wildman–Crippen LogP) is 0.584. The standard InChI is InChI=1S/C9H15NO3/c1-4-10(3)9(12)8(2)5-6-13-7-11/h7H,2,4-6H2,1,3H3. The summed E-state index contributed by atoms with van der Waals surface area (Å²) in [7, 11) is 1.70. The van der Waals surface area contributed by atoms with Crippen LogP contribution in [0.3, 0.4) is 0 Å². The fraction of sp³-hybridized carbons (Fsp3) is 0.556. The molecule has 0 atom stereocenters. The minimum atomic E-state index is -0.100. The first-order valence-electron chi connectivity index (χ1n) is 4.12. The quantitative estimate of drug-likeness (QED) is 0.345. The lowest BCUT2D eigenvalue weighted by molar-refractivity contribution is -0.130. The van der Waals surface area contributed by atoms with Gasteiger partial charge in [0.1, 0.15) is 0 Å². The van der Waals surface area contributed by atoms with Gasteiger partial charge in [0.05, 0.1) is 6.61 Å². The normalized spacial score (nSPS) is 9.08. The Morgan fingerprint density at radius 2 is 2.23 bits per heavy atom. The molecule has 0 bridgehead atoms. The highest BCUT2D eigenvalue weighted by Crippen LogP contribution is 2.02. The van der Waals surface area contributed by atoms with E-state index in [1.807, 2.05) is 6.92 Å². The van der Waals surface area contributed by atoms with Crippen LogP contribution in [0.4, 0.5) is 0 Å². The molecule has 0 aromatic rings. The molecule has 74 valence electrons. The van der Waals surface area contributed by atoms with Crippen LogP contribution in [0.1, 0.15) is 13.3 Å². The highest BCUT2D eigenvalue weighted by molar-refractivity contribution is 5.92. The van der Waals surface area contributed by atoms with Gasteiger partial charge in [0.25, 0.3) is 6.47 Å². The summed E-state index contributed by atoms with van der Waals surface area (Å²) in [5, 5.41) is 0. The average molecular weight is 185 g/mol. The van der Waals surface area contributed by atoms with E-state index >= 15 is 0 Å². The molecule has 0 saturated heterocycles. The van der Waals surface area contributed by atoms with Gasteiger partial charge in [-0.15, -0.1) is 0 Å². The Balaban J connectivity index is 3.82. The Morgan fingerprint density at radius 1 is 1.62 bits per heavy atom. The summed E-state index contributed by atoms with van der Waals surface area (Å²) < 4.78 is 4.46. The second-order valence-corrected chi connectivity index (χ2v) is 2.64. The van der Waals surface area contributed by atoms with Crippen molar-refractivity contribution in [1.29, 1.82) is 0 Å². The minimum Gasteiger partial charge on any atom is -0.468 e. The molecule has 1 amide bonds.